The summed E-state index contributed by atoms with van der Waals surface area (Å²) in [6.07, 6.45) is 4.52. The van der Waals surface area contributed by atoms with Crippen molar-refractivity contribution in [3.05, 3.63) is 18.0 Å². The van der Waals surface area contributed by atoms with Crippen molar-refractivity contribution in [1.82, 2.24) is 19.6 Å². The molecule has 0 aromatic carbocycles. The quantitative estimate of drug-likeness (QED) is 0.772. The molecule has 0 radical (unpaired) electrons. The van der Waals surface area contributed by atoms with Gasteiger partial charge in [0.25, 0.3) is 12.3 Å². The highest BCUT2D eigenvalue weighted by Gasteiger charge is 2.51. The van der Waals surface area contributed by atoms with E-state index in [9.17, 15) is 18.4 Å². The smallest absolute Gasteiger partial charge is 0.274 e. The predicted molar refractivity (Wildman–Crippen MR) is 98.9 cm³/mol. The van der Waals surface area contributed by atoms with Crippen LogP contribution in [0.5, 0.6) is 0 Å². The van der Waals surface area contributed by atoms with Crippen molar-refractivity contribution < 1.29 is 18.4 Å². The monoisotopic (exact) mass is 394 g/mol. The van der Waals surface area contributed by atoms with E-state index in [-0.39, 0.29) is 29.0 Å². The number of nitrogens with zero attached hydrogens (tertiary/aromatic N) is 4. The van der Waals surface area contributed by atoms with Gasteiger partial charge in [0.1, 0.15) is 12.2 Å². The lowest BCUT2D eigenvalue weighted by Gasteiger charge is -2.47. The van der Waals surface area contributed by atoms with E-state index in [0.717, 1.165) is 49.8 Å². The second-order valence-electron chi connectivity index (χ2n) is 8.46. The lowest BCUT2D eigenvalue weighted by atomic mass is 9.83. The van der Waals surface area contributed by atoms with Gasteiger partial charge < -0.3 is 9.80 Å². The van der Waals surface area contributed by atoms with Crippen molar-refractivity contribution in [2.24, 2.45) is 11.3 Å². The fourth-order valence-corrected chi connectivity index (χ4v) is 4.91. The molecule has 2 aliphatic heterocycles. The molecule has 28 heavy (non-hydrogen) atoms. The van der Waals surface area contributed by atoms with Gasteiger partial charge in [0, 0.05) is 37.3 Å². The minimum atomic E-state index is -2.50. The number of aromatic nitrogens is 2. The van der Waals surface area contributed by atoms with Crippen LogP contribution in [0.1, 0.15) is 55.9 Å². The molecule has 1 aromatic heterocycles. The summed E-state index contributed by atoms with van der Waals surface area (Å²) >= 11 is 0. The van der Waals surface area contributed by atoms with Crippen LogP contribution in [0, 0.1) is 11.3 Å². The Balaban J connectivity index is 1.43. The lowest BCUT2D eigenvalue weighted by Crippen LogP contribution is -2.57. The molecule has 1 saturated carbocycles. The number of hydrogen-bond donors (Lipinski definition) is 0. The van der Waals surface area contributed by atoms with E-state index in [1.54, 1.807) is 0 Å². The molecular formula is C20H28F2N4O2. The standard InChI is InChI=1S/C20H28F2N4O2/c1-2-20(7-8-20)19(28)24-10-6-16-14(12-24)4-3-9-26(16)18(27)15-5-11-25(23-15)13-17(21)22/h5,11,14,16-17H,2-4,6-10,12-13H2,1H3. The number of carbonyl (C=O) groups excluding carboxylic acids is 2. The Hall–Kier alpha value is -1.99. The van der Waals surface area contributed by atoms with Crippen LogP contribution in [-0.4, -0.2) is 63.5 Å². The van der Waals surface area contributed by atoms with Gasteiger partial charge in [0.2, 0.25) is 5.91 Å². The van der Waals surface area contributed by atoms with E-state index >= 15 is 0 Å². The van der Waals surface area contributed by atoms with Gasteiger partial charge in [0.15, 0.2) is 0 Å². The van der Waals surface area contributed by atoms with Crippen molar-refractivity contribution in [3.8, 4) is 0 Å². The number of piperidine rings is 2. The van der Waals surface area contributed by atoms with Crippen molar-refractivity contribution >= 4 is 11.8 Å². The summed E-state index contributed by atoms with van der Waals surface area (Å²) < 4.78 is 26.2. The van der Waals surface area contributed by atoms with E-state index in [0.29, 0.717) is 19.0 Å². The molecule has 4 rings (SSSR count). The zero-order chi connectivity index (χ0) is 19.9. The highest BCUT2D eigenvalue weighted by molar-refractivity contribution is 5.92. The van der Waals surface area contributed by atoms with Gasteiger partial charge in [-0.3, -0.25) is 14.3 Å². The Kier molecular flexibility index (Phi) is 5.14. The Bertz CT molecular complexity index is 746. The molecule has 3 heterocycles. The van der Waals surface area contributed by atoms with Gasteiger partial charge in [-0.15, -0.1) is 0 Å². The molecule has 6 nitrogen and oxygen atoms in total. The first-order valence-corrected chi connectivity index (χ1v) is 10.4. The Morgan fingerprint density at radius 1 is 1.29 bits per heavy atom. The van der Waals surface area contributed by atoms with Crippen LogP contribution < -0.4 is 0 Å². The summed E-state index contributed by atoms with van der Waals surface area (Å²) in [7, 11) is 0. The normalized spacial score (nSPS) is 26.3. The summed E-state index contributed by atoms with van der Waals surface area (Å²) in [5.41, 5.74) is 0.108. The fourth-order valence-electron chi connectivity index (χ4n) is 4.91. The van der Waals surface area contributed by atoms with E-state index in [4.69, 9.17) is 0 Å². The number of carbonyl (C=O) groups is 2. The van der Waals surface area contributed by atoms with Crippen molar-refractivity contribution in [2.75, 3.05) is 19.6 Å². The van der Waals surface area contributed by atoms with Gasteiger partial charge in [-0.2, -0.15) is 5.10 Å². The first-order chi connectivity index (χ1) is 13.4. The minimum Gasteiger partial charge on any atom is -0.342 e. The van der Waals surface area contributed by atoms with E-state index in [1.807, 2.05) is 9.80 Å². The Morgan fingerprint density at radius 2 is 2.07 bits per heavy atom. The zero-order valence-corrected chi connectivity index (χ0v) is 16.3. The Morgan fingerprint density at radius 3 is 2.75 bits per heavy atom. The van der Waals surface area contributed by atoms with Gasteiger partial charge in [0.05, 0.1) is 0 Å². The molecule has 0 bridgehead atoms. The van der Waals surface area contributed by atoms with Crippen LogP contribution in [0.4, 0.5) is 8.78 Å². The number of hydrogen-bond acceptors (Lipinski definition) is 3. The number of alkyl halides is 2. The SMILES string of the molecule is CCC1(C(=O)N2CCC3C(CCCN3C(=O)c3ccn(CC(F)F)n3)C2)CC1. The third-order valence-corrected chi connectivity index (χ3v) is 6.79. The molecule has 0 N–H and O–H groups in total. The number of likely N-dealkylation sites (tertiary alicyclic amines) is 2. The average molecular weight is 394 g/mol. The Labute approximate surface area is 163 Å². The molecule has 1 aromatic rings. The van der Waals surface area contributed by atoms with Crippen LogP contribution in [0.15, 0.2) is 12.3 Å². The largest absolute Gasteiger partial charge is 0.342 e. The number of halogens is 2. The minimum absolute atomic E-state index is 0.0994. The van der Waals surface area contributed by atoms with Crippen molar-refractivity contribution in [3.63, 3.8) is 0 Å². The maximum atomic E-state index is 13.0. The second kappa shape index (κ2) is 7.44. The summed E-state index contributed by atoms with van der Waals surface area (Å²) in [6.45, 7) is 3.65. The second-order valence-corrected chi connectivity index (χ2v) is 8.46. The molecule has 3 aliphatic rings. The third-order valence-electron chi connectivity index (χ3n) is 6.79. The highest BCUT2D eigenvalue weighted by Crippen LogP contribution is 2.50. The van der Waals surface area contributed by atoms with Gasteiger partial charge >= 0.3 is 0 Å². The topological polar surface area (TPSA) is 58.4 Å². The van der Waals surface area contributed by atoms with Crippen molar-refractivity contribution in [1.29, 1.82) is 0 Å². The van der Waals surface area contributed by atoms with Crippen LogP contribution >= 0.6 is 0 Å². The number of fused-ring (bicyclic) bond motifs is 1. The zero-order valence-electron chi connectivity index (χ0n) is 16.3. The van der Waals surface area contributed by atoms with E-state index in [2.05, 4.69) is 12.0 Å². The summed E-state index contributed by atoms with van der Waals surface area (Å²) in [5, 5.41) is 4.04. The van der Waals surface area contributed by atoms with Crippen LogP contribution in [0.3, 0.4) is 0 Å². The summed E-state index contributed by atoms with van der Waals surface area (Å²) in [5.74, 6) is 0.392. The van der Waals surface area contributed by atoms with Gasteiger partial charge in [-0.25, -0.2) is 8.78 Å². The van der Waals surface area contributed by atoms with Crippen LogP contribution in [-0.2, 0) is 11.3 Å². The molecule has 3 fully saturated rings. The maximum Gasteiger partial charge on any atom is 0.274 e. The maximum absolute atomic E-state index is 13.0. The third kappa shape index (κ3) is 3.53. The highest BCUT2D eigenvalue weighted by atomic mass is 19.3. The van der Waals surface area contributed by atoms with E-state index in [1.165, 1.54) is 12.3 Å². The molecule has 8 heteroatoms. The molecule has 154 valence electrons. The molecule has 2 amide bonds. The molecule has 1 aliphatic carbocycles. The molecular weight excluding hydrogens is 366 g/mol. The molecule has 2 atom stereocenters. The first kappa shape index (κ1) is 19.3. The molecule has 2 saturated heterocycles. The number of rotatable bonds is 5. The fraction of sp³-hybridized carbons (Fsp3) is 0.750. The molecule has 2 unspecified atom stereocenters. The first-order valence-electron chi connectivity index (χ1n) is 10.4. The number of amides is 2. The summed E-state index contributed by atoms with van der Waals surface area (Å²) in [6, 6.07) is 1.62. The summed E-state index contributed by atoms with van der Waals surface area (Å²) in [4.78, 5) is 29.7. The van der Waals surface area contributed by atoms with Crippen LogP contribution in [0.25, 0.3) is 0 Å². The average Bonchev–Trinajstić information content (AvgIpc) is 3.37. The predicted octanol–water partition coefficient (Wildman–Crippen LogP) is 2.79. The van der Waals surface area contributed by atoms with Gasteiger partial charge in [-0.05, 0) is 50.5 Å². The molecule has 0 spiro atoms. The lowest BCUT2D eigenvalue weighted by molar-refractivity contribution is -0.140. The van der Waals surface area contributed by atoms with Gasteiger partial charge in [-0.1, -0.05) is 6.92 Å². The van der Waals surface area contributed by atoms with Crippen molar-refractivity contribution in [2.45, 2.75) is 64.5 Å². The van der Waals surface area contributed by atoms with E-state index < -0.39 is 13.0 Å². The van der Waals surface area contributed by atoms with Crippen LogP contribution in [0.2, 0.25) is 0 Å².